The van der Waals surface area contributed by atoms with Crippen LogP contribution in [0.25, 0.3) is 0 Å². The fourth-order valence-corrected chi connectivity index (χ4v) is 1.65. The number of rotatable bonds is 9. The lowest BCUT2D eigenvalue weighted by molar-refractivity contribution is -0.127. The van der Waals surface area contributed by atoms with E-state index in [9.17, 15) is 4.79 Å². The summed E-state index contributed by atoms with van der Waals surface area (Å²) in [5.41, 5.74) is 0. The molecule has 0 fully saturated rings. The summed E-state index contributed by atoms with van der Waals surface area (Å²) in [5, 5.41) is 14.2. The summed E-state index contributed by atoms with van der Waals surface area (Å²) in [4.78, 5) is 17.5. The van der Waals surface area contributed by atoms with Crippen molar-refractivity contribution in [1.29, 1.82) is 0 Å². The van der Waals surface area contributed by atoms with Gasteiger partial charge in [0, 0.05) is 39.9 Å². The minimum atomic E-state index is -0.0146. The molecule has 0 aliphatic heterocycles. The first-order valence-corrected chi connectivity index (χ1v) is 7.70. The molecule has 0 aromatic carbocycles. The molecule has 1 rings (SSSR count). The van der Waals surface area contributed by atoms with Crippen LogP contribution in [0.1, 0.15) is 26.2 Å². The molecule has 0 aliphatic rings. The van der Waals surface area contributed by atoms with E-state index >= 15 is 0 Å². The van der Waals surface area contributed by atoms with E-state index in [0.29, 0.717) is 5.96 Å². The molecule has 8 heteroatoms. The van der Waals surface area contributed by atoms with Crippen molar-refractivity contribution in [2.24, 2.45) is 4.99 Å². The molecule has 1 aromatic heterocycles. The number of amides is 1. The molecule has 0 aliphatic carbocycles. The Labute approximate surface area is 132 Å². The standard InChI is InChI=1S/C14H27N7O/c1-4-5-7-15-14(17-12-13(22)20(2)3)16-8-6-10-21-11-9-18-19-21/h9,11H,4-8,10,12H2,1-3H3,(H2,15,16,17). The maximum absolute atomic E-state index is 11.6. The van der Waals surface area contributed by atoms with Crippen molar-refractivity contribution < 1.29 is 4.79 Å². The summed E-state index contributed by atoms with van der Waals surface area (Å²) in [6, 6.07) is 0. The number of hydrogen-bond acceptors (Lipinski definition) is 4. The van der Waals surface area contributed by atoms with Crippen LogP contribution in [0.3, 0.4) is 0 Å². The zero-order valence-electron chi connectivity index (χ0n) is 13.7. The van der Waals surface area contributed by atoms with Gasteiger partial charge < -0.3 is 15.5 Å². The number of nitrogens with one attached hydrogen (secondary N) is 2. The Hall–Kier alpha value is -2.12. The normalized spacial score (nSPS) is 11.3. The van der Waals surface area contributed by atoms with Crippen LogP contribution in [0.15, 0.2) is 17.4 Å². The second kappa shape index (κ2) is 10.6. The highest BCUT2D eigenvalue weighted by molar-refractivity contribution is 5.84. The van der Waals surface area contributed by atoms with Gasteiger partial charge in [0.2, 0.25) is 5.91 Å². The first-order chi connectivity index (χ1) is 10.6. The minimum Gasteiger partial charge on any atom is -0.356 e. The predicted molar refractivity (Wildman–Crippen MR) is 86.5 cm³/mol. The molecule has 0 radical (unpaired) electrons. The average molecular weight is 309 g/mol. The SMILES string of the molecule is CCCCNC(=NCC(=O)N(C)C)NCCCn1ccnn1. The molecule has 0 unspecified atom stereocenters. The van der Waals surface area contributed by atoms with Crippen molar-refractivity contribution in [2.45, 2.75) is 32.7 Å². The Morgan fingerprint density at radius 3 is 2.59 bits per heavy atom. The third-order valence-electron chi connectivity index (χ3n) is 3.02. The number of carbonyl (C=O) groups excluding carboxylic acids is 1. The Balaban J connectivity index is 2.35. The van der Waals surface area contributed by atoms with Gasteiger partial charge in [0.25, 0.3) is 0 Å². The van der Waals surface area contributed by atoms with Crippen molar-refractivity contribution in [3.05, 3.63) is 12.4 Å². The van der Waals surface area contributed by atoms with Crippen molar-refractivity contribution >= 4 is 11.9 Å². The van der Waals surface area contributed by atoms with Crippen LogP contribution in [0.2, 0.25) is 0 Å². The van der Waals surface area contributed by atoms with Gasteiger partial charge in [0.15, 0.2) is 5.96 Å². The lowest BCUT2D eigenvalue weighted by Gasteiger charge is -2.13. The molecule has 1 amide bonds. The summed E-state index contributed by atoms with van der Waals surface area (Å²) in [7, 11) is 3.46. The molecule has 0 saturated heterocycles. The molecule has 0 atom stereocenters. The van der Waals surface area contributed by atoms with E-state index in [1.54, 1.807) is 25.0 Å². The molecular formula is C14H27N7O. The Bertz CT molecular complexity index is 442. The lowest BCUT2D eigenvalue weighted by atomic mass is 10.3. The molecule has 0 bridgehead atoms. The molecule has 0 spiro atoms. The highest BCUT2D eigenvalue weighted by atomic mass is 16.2. The largest absolute Gasteiger partial charge is 0.356 e. The van der Waals surface area contributed by atoms with E-state index in [4.69, 9.17) is 0 Å². The number of carbonyl (C=O) groups is 1. The number of likely N-dealkylation sites (N-methyl/N-ethyl adjacent to an activating group) is 1. The quantitative estimate of drug-likeness (QED) is 0.383. The number of nitrogens with zero attached hydrogens (tertiary/aromatic N) is 5. The predicted octanol–water partition coefficient (Wildman–Crippen LogP) is 0.0917. The molecule has 1 aromatic rings. The smallest absolute Gasteiger partial charge is 0.243 e. The van der Waals surface area contributed by atoms with Gasteiger partial charge in [-0.2, -0.15) is 0 Å². The number of aliphatic imine (C=N–C) groups is 1. The number of guanidine groups is 1. The van der Waals surface area contributed by atoms with E-state index in [2.05, 4.69) is 32.9 Å². The van der Waals surface area contributed by atoms with Gasteiger partial charge in [-0.15, -0.1) is 5.10 Å². The molecule has 1 heterocycles. The minimum absolute atomic E-state index is 0.0146. The molecule has 22 heavy (non-hydrogen) atoms. The van der Waals surface area contributed by atoms with E-state index in [1.165, 1.54) is 4.90 Å². The first-order valence-electron chi connectivity index (χ1n) is 7.70. The summed E-state index contributed by atoms with van der Waals surface area (Å²) in [6.45, 7) is 4.69. The second-order valence-corrected chi connectivity index (χ2v) is 5.18. The van der Waals surface area contributed by atoms with Gasteiger partial charge in [0.1, 0.15) is 6.54 Å². The van der Waals surface area contributed by atoms with Gasteiger partial charge in [-0.05, 0) is 12.8 Å². The van der Waals surface area contributed by atoms with Crippen molar-refractivity contribution in [1.82, 2.24) is 30.5 Å². The highest BCUT2D eigenvalue weighted by Crippen LogP contribution is 1.88. The van der Waals surface area contributed by atoms with E-state index in [0.717, 1.165) is 38.9 Å². The zero-order chi connectivity index (χ0) is 16.2. The van der Waals surface area contributed by atoms with Crippen LogP contribution < -0.4 is 10.6 Å². The lowest BCUT2D eigenvalue weighted by Crippen LogP contribution is -2.39. The number of aromatic nitrogens is 3. The Kier molecular flexibility index (Phi) is 8.63. The number of hydrogen-bond donors (Lipinski definition) is 2. The molecule has 2 N–H and O–H groups in total. The van der Waals surface area contributed by atoms with Crippen LogP contribution in [0.4, 0.5) is 0 Å². The number of unbranched alkanes of at least 4 members (excludes halogenated alkanes) is 1. The molecule has 124 valence electrons. The number of aryl methyl sites for hydroxylation is 1. The van der Waals surface area contributed by atoms with Crippen LogP contribution in [0, 0.1) is 0 Å². The van der Waals surface area contributed by atoms with Gasteiger partial charge in [0.05, 0.1) is 6.20 Å². The van der Waals surface area contributed by atoms with Gasteiger partial charge in [-0.3, -0.25) is 9.48 Å². The maximum Gasteiger partial charge on any atom is 0.243 e. The maximum atomic E-state index is 11.6. The van der Waals surface area contributed by atoms with Crippen molar-refractivity contribution in [3.63, 3.8) is 0 Å². The van der Waals surface area contributed by atoms with Crippen LogP contribution in [-0.4, -0.2) is 65.5 Å². The van der Waals surface area contributed by atoms with Crippen LogP contribution in [-0.2, 0) is 11.3 Å². The average Bonchev–Trinajstić information content (AvgIpc) is 3.01. The van der Waals surface area contributed by atoms with Gasteiger partial charge in [-0.25, -0.2) is 4.99 Å². The summed E-state index contributed by atoms with van der Waals surface area (Å²) < 4.78 is 1.79. The van der Waals surface area contributed by atoms with E-state index in [-0.39, 0.29) is 12.5 Å². The second-order valence-electron chi connectivity index (χ2n) is 5.18. The third kappa shape index (κ3) is 7.61. The first kappa shape index (κ1) is 17.9. The van der Waals surface area contributed by atoms with Crippen LogP contribution in [0.5, 0.6) is 0 Å². The molecule has 0 saturated carbocycles. The molecule has 8 nitrogen and oxygen atoms in total. The fraction of sp³-hybridized carbons (Fsp3) is 0.714. The summed E-state index contributed by atoms with van der Waals surface area (Å²) in [6.07, 6.45) is 6.59. The zero-order valence-corrected chi connectivity index (χ0v) is 13.7. The summed E-state index contributed by atoms with van der Waals surface area (Å²) >= 11 is 0. The molecular weight excluding hydrogens is 282 g/mol. The van der Waals surface area contributed by atoms with Crippen LogP contribution >= 0.6 is 0 Å². The van der Waals surface area contributed by atoms with Gasteiger partial charge >= 0.3 is 0 Å². The Morgan fingerprint density at radius 2 is 2.00 bits per heavy atom. The topological polar surface area (TPSA) is 87.4 Å². The summed E-state index contributed by atoms with van der Waals surface area (Å²) in [5.74, 6) is 0.668. The van der Waals surface area contributed by atoms with Crippen molar-refractivity contribution in [3.8, 4) is 0 Å². The Morgan fingerprint density at radius 1 is 1.27 bits per heavy atom. The third-order valence-corrected chi connectivity index (χ3v) is 3.02. The highest BCUT2D eigenvalue weighted by Gasteiger charge is 2.04. The monoisotopic (exact) mass is 309 g/mol. The van der Waals surface area contributed by atoms with Gasteiger partial charge in [-0.1, -0.05) is 18.6 Å². The van der Waals surface area contributed by atoms with Crippen molar-refractivity contribution in [2.75, 3.05) is 33.7 Å². The van der Waals surface area contributed by atoms with E-state index in [1.807, 2.05) is 6.20 Å². The fourth-order valence-electron chi connectivity index (χ4n) is 1.65. The van der Waals surface area contributed by atoms with E-state index < -0.39 is 0 Å².